The van der Waals surface area contributed by atoms with Crippen molar-refractivity contribution in [1.82, 2.24) is 15.2 Å². The number of amides is 3. The quantitative estimate of drug-likeness (QED) is 0.560. The lowest BCUT2D eigenvalue weighted by Gasteiger charge is -2.12. The predicted octanol–water partition coefficient (Wildman–Crippen LogP) is 4.01. The molecule has 2 N–H and O–H groups in total. The van der Waals surface area contributed by atoms with E-state index in [0.29, 0.717) is 17.9 Å². The monoisotopic (exact) mass is 425 g/mol. The fraction of sp³-hybridized carbons (Fsp3) is 0.190. The molecule has 1 aliphatic heterocycles. The van der Waals surface area contributed by atoms with Crippen LogP contribution < -0.4 is 5.32 Å². The van der Waals surface area contributed by atoms with E-state index in [1.54, 1.807) is 6.08 Å². The number of carbonyl (C=O) groups excluding carboxylic acids is 3. The first-order valence-corrected chi connectivity index (χ1v) is 10.9. The predicted molar refractivity (Wildman–Crippen MR) is 117 cm³/mol. The van der Waals surface area contributed by atoms with E-state index in [1.807, 2.05) is 48.0 Å². The van der Waals surface area contributed by atoms with Crippen LogP contribution in [-0.2, 0) is 16.0 Å². The molecule has 0 atom stereocenters. The smallest absolute Gasteiger partial charge is 0.293 e. The van der Waals surface area contributed by atoms with Gasteiger partial charge in [-0.05, 0) is 47.3 Å². The third-order valence-electron chi connectivity index (χ3n) is 4.64. The summed E-state index contributed by atoms with van der Waals surface area (Å²) in [5.41, 5.74) is 2.22. The molecule has 148 valence electrons. The Morgan fingerprint density at radius 3 is 2.86 bits per heavy atom. The van der Waals surface area contributed by atoms with Crippen molar-refractivity contribution in [2.75, 3.05) is 13.1 Å². The van der Waals surface area contributed by atoms with Gasteiger partial charge in [0.25, 0.3) is 11.1 Å². The minimum absolute atomic E-state index is 0.0887. The number of H-pyrrole nitrogens is 1. The lowest BCUT2D eigenvalue weighted by Crippen LogP contribution is -2.34. The van der Waals surface area contributed by atoms with Gasteiger partial charge in [-0.3, -0.25) is 19.3 Å². The van der Waals surface area contributed by atoms with E-state index in [1.165, 1.54) is 11.3 Å². The maximum Gasteiger partial charge on any atom is 0.293 e. The number of imide groups is 1. The van der Waals surface area contributed by atoms with Crippen molar-refractivity contribution < 1.29 is 14.4 Å². The first kappa shape index (κ1) is 19.5. The van der Waals surface area contributed by atoms with Gasteiger partial charge in [-0.1, -0.05) is 24.3 Å². The van der Waals surface area contributed by atoms with E-state index in [0.717, 1.165) is 38.0 Å². The number of benzene rings is 1. The molecule has 1 fully saturated rings. The number of thiophene rings is 1. The average molecular weight is 426 g/mol. The highest BCUT2D eigenvalue weighted by molar-refractivity contribution is 8.18. The number of aromatic amines is 1. The number of nitrogens with zero attached hydrogens (tertiary/aromatic N) is 1. The Morgan fingerprint density at radius 1 is 1.17 bits per heavy atom. The van der Waals surface area contributed by atoms with Crippen molar-refractivity contribution in [3.63, 3.8) is 0 Å². The van der Waals surface area contributed by atoms with Crippen LogP contribution in [0.2, 0.25) is 0 Å². The van der Waals surface area contributed by atoms with Gasteiger partial charge in [-0.2, -0.15) is 0 Å². The third kappa shape index (κ3) is 4.44. The van der Waals surface area contributed by atoms with Gasteiger partial charge in [0.05, 0.1) is 4.91 Å². The van der Waals surface area contributed by atoms with E-state index in [2.05, 4.69) is 10.3 Å². The molecule has 0 saturated carbocycles. The van der Waals surface area contributed by atoms with Gasteiger partial charge in [0, 0.05) is 41.5 Å². The van der Waals surface area contributed by atoms with Crippen LogP contribution in [0.15, 0.2) is 52.9 Å². The third-order valence-corrected chi connectivity index (χ3v) is 6.37. The number of rotatable bonds is 7. The number of carbonyl (C=O) groups is 3. The van der Waals surface area contributed by atoms with E-state index in [9.17, 15) is 14.4 Å². The van der Waals surface area contributed by atoms with E-state index >= 15 is 0 Å². The lowest BCUT2D eigenvalue weighted by molar-refractivity contribution is -0.124. The van der Waals surface area contributed by atoms with Crippen molar-refractivity contribution in [1.29, 1.82) is 0 Å². The molecule has 0 radical (unpaired) electrons. The van der Waals surface area contributed by atoms with Crippen LogP contribution in [-0.4, -0.2) is 40.0 Å². The number of nitrogens with one attached hydrogen (secondary N) is 2. The zero-order valence-electron chi connectivity index (χ0n) is 15.5. The summed E-state index contributed by atoms with van der Waals surface area (Å²) in [6.45, 7) is 0.590. The molecular formula is C21H19N3O3S2. The molecule has 0 spiro atoms. The minimum atomic E-state index is -0.333. The summed E-state index contributed by atoms with van der Waals surface area (Å²) in [6, 6.07) is 11.8. The standard InChI is InChI=1S/C21H19N3O3S2/c25-19(22-9-7-14-13-23-17-6-2-1-5-16(14)17)8-10-24-20(26)18(29-21(24)27)12-15-4-3-11-28-15/h1-6,11-13,23H,7-10H2,(H,22,25). The van der Waals surface area contributed by atoms with Crippen LogP contribution in [0.4, 0.5) is 4.79 Å². The Bertz CT molecular complexity index is 1090. The molecule has 8 heteroatoms. The summed E-state index contributed by atoms with van der Waals surface area (Å²) in [4.78, 5) is 42.4. The van der Waals surface area contributed by atoms with Gasteiger partial charge in [-0.15, -0.1) is 11.3 Å². The second-order valence-electron chi connectivity index (χ2n) is 6.56. The first-order chi connectivity index (χ1) is 14.1. The van der Waals surface area contributed by atoms with Crippen LogP contribution in [0.3, 0.4) is 0 Å². The van der Waals surface area contributed by atoms with Crippen molar-refractivity contribution in [3.05, 3.63) is 63.3 Å². The average Bonchev–Trinajstić information content (AvgIpc) is 3.43. The maximum atomic E-state index is 12.4. The highest BCUT2D eigenvalue weighted by Gasteiger charge is 2.35. The fourth-order valence-electron chi connectivity index (χ4n) is 3.17. The highest BCUT2D eigenvalue weighted by atomic mass is 32.2. The molecule has 1 saturated heterocycles. The van der Waals surface area contributed by atoms with Gasteiger partial charge in [0.2, 0.25) is 5.91 Å². The Labute approximate surface area is 176 Å². The number of para-hydroxylation sites is 1. The van der Waals surface area contributed by atoms with Gasteiger partial charge in [0.1, 0.15) is 0 Å². The van der Waals surface area contributed by atoms with E-state index < -0.39 is 0 Å². The molecule has 4 rings (SSSR count). The second kappa shape index (κ2) is 8.67. The minimum Gasteiger partial charge on any atom is -0.361 e. The molecule has 0 unspecified atom stereocenters. The van der Waals surface area contributed by atoms with Crippen LogP contribution in [0.1, 0.15) is 16.9 Å². The Hall–Kier alpha value is -2.84. The van der Waals surface area contributed by atoms with Crippen molar-refractivity contribution in [3.8, 4) is 0 Å². The van der Waals surface area contributed by atoms with Gasteiger partial charge < -0.3 is 10.3 Å². The van der Waals surface area contributed by atoms with Crippen LogP contribution in [0, 0.1) is 0 Å². The molecule has 29 heavy (non-hydrogen) atoms. The van der Waals surface area contributed by atoms with Crippen molar-refractivity contribution in [2.45, 2.75) is 12.8 Å². The zero-order chi connectivity index (χ0) is 20.2. The molecule has 3 aromatic rings. The molecule has 3 amide bonds. The van der Waals surface area contributed by atoms with Crippen molar-refractivity contribution >= 4 is 57.1 Å². The van der Waals surface area contributed by atoms with Crippen LogP contribution in [0.5, 0.6) is 0 Å². The first-order valence-electron chi connectivity index (χ1n) is 9.22. The zero-order valence-corrected chi connectivity index (χ0v) is 17.1. The summed E-state index contributed by atoms with van der Waals surface area (Å²) < 4.78 is 0. The SMILES string of the molecule is O=C(CCN1C(=O)SC(=Cc2cccs2)C1=O)NCCc1c[nH]c2ccccc12. The van der Waals surface area contributed by atoms with E-state index in [4.69, 9.17) is 0 Å². The topological polar surface area (TPSA) is 82.3 Å². The number of hydrogen-bond acceptors (Lipinski definition) is 5. The molecule has 6 nitrogen and oxygen atoms in total. The van der Waals surface area contributed by atoms with E-state index in [-0.39, 0.29) is 30.0 Å². The fourth-order valence-corrected chi connectivity index (χ4v) is 4.76. The number of hydrogen-bond donors (Lipinski definition) is 2. The van der Waals surface area contributed by atoms with Gasteiger partial charge >= 0.3 is 0 Å². The number of aromatic nitrogens is 1. The molecule has 0 aliphatic carbocycles. The van der Waals surface area contributed by atoms with Crippen molar-refractivity contribution in [2.24, 2.45) is 0 Å². The number of fused-ring (bicyclic) bond motifs is 1. The second-order valence-corrected chi connectivity index (χ2v) is 8.53. The van der Waals surface area contributed by atoms with Gasteiger partial charge in [0.15, 0.2) is 0 Å². The van der Waals surface area contributed by atoms with Gasteiger partial charge in [-0.25, -0.2) is 0 Å². The summed E-state index contributed by atoms with van der Waals surface area (Å²) in [5.74, 6) is -0.508. The Balaban J connectivity index is 1.26. The van der Waals surface area contributed by atoms with Crippen LogP contribution in [0.25, 0.3) is 17.0 Å². The lowest BCUT2D eigenvalue weighted by atomic mass is 10.1. The molecule has 0 bridgehead atoms. The molecule has 2 aromatic heterocycles. The summed E-state index contributed by atoms with van der Waals surface area (Å²) in [5, 5.41) is 5.60. The molecule has 3 heterocycles. The summed E-state index contributed by atoms with van der Waals surface area (Å²) >= 11 is 2.42. The Kier molecular flexibility index (Phi) is 5.82. The number of thioether (sulfide) groups is 1. The highest BCUT2D eigenvalue weighted by Crippen LogP contribution is 2.32. The molecule has 1 aliphatic rings. The summed E-state index contributed by atoms with van der Waals surface area (Å²) in [6.07, 6.45) is 4.48. The largest absolute Gasteiger partial charge is 0.361 e. The maximum absolute atomic E-state index is 12.4. The molecule has 1 aromatic carbocycles. The molecular weight excluding hydrogens is 406 g/mol. The normalized spacial score (nSPS) is 15.6. The summed E-state index contributed by atoms with van der Waals surface area (Å²) in [7, 11) is 0. The van der Waals surface area contributed by atoms with Crippen LogP contribution >= 0.6 is 23.1 Å². The Morgan fingerprint density at radius 2 is 2.03 bits per heavy atom.